The van der Waals surface area contributed by atoms with Crippen molar-refractivity contribution < 1.29 is 22.7 Å². The number of halogens is 1. The number of benzene rings is 2. The van der Waals surface area contributed by atoms with Crippen LogP contribution < -0.4 is 10.0 Å². The minimum atomic E-state index is -3.98. The number of carbonyl (C=O) groups is 2. The quantitative estimate of drug-likeness (QED) is 0.477. The van der Waals surface area contributed by atoms with Crippen molar-refractivity contribution in [1.29, 1.82) is 5.26 Å². The molecule has 0 saturated carbocycles. The van der Waals surface area contributed by atoms with Gasteiger partial charge in [0.25, 0.3) is 15.9 Å². The fourth-order valence-corrected chi connectivity index (χ4v) is 5.15. The third kappa shape index (κ3) is 5.45. The Balaban J connectivity index is 1.74. The SMILES string of the molecule is CC(OC(=O)c1ccccc1NS(=O)(=O)c1ccc(Cl)s1)C(=O)Nc1ccccc1C#N. The van der Waals surface area contributed by atoms with Gasteiger partial charge in [0.15, 0.2) is 6.10 Å². The van der Waals surface area contributed by atoms with Gasteiger partial charge < -0.3 is 10.1 Å². The van der Waals surface area contributed by atoms with E-state index >= 15 is 0 Å². The maximum absolute atomic E-state index is 12.7. The molecule has 8 nitrogen and oxygen atoms in total. The minimum absolute atomic E-state index is 0.00976. The van der Waals surface area contributed by atoms with E-state index in [9.17, 15) is 18.0 Å². The van der Waals surface area contributed by atoms with E-state index in [1.54, 1.807) is 24.3 Å². The zero-order valence-corrected chi connectivity index (χ0v) is 18.9. The summed E-state index contributed by atoms with van der Waals surface area (Å²) in [5, 5.41) is 11.7. The summed E-state index contributed by atoms with van der Waals surface area (Å²) in [5.41, 5.74) is 0.457. The van der Waals surface area contributed by atoms with Gasteiger partial charge in [0.05, 0.1) is 26.8 Å². The maximum Gasteiger partial charge on any atom is 0.341 e. The summed E-state index contributed by atoms with van der Waals surface area (Å²) in [5.74, 6) is -1.55. The zero-order valence-electron chi connectivity index (χ0n) is 16.5. The van der Waals surface area contributed by atoms with Crippen LogP contribution in [0.1, 0.15) is 22.8 Å². The number of esters is 1. The fourth-order valence-electron chi connectivity index (χ4n) is 2.59. The van der Waals surface area contributed by atoms with E-state index in [1.807, 2.05) is 6.07 Å². The normalized spacial score (nSPS) is 11.8. The van der Waals surface area contributed by atoms with E-state index in [0.29, 0.717) is 4.34 Å². The van der Waals surface area contributed by atoms with Gasteiger partial charge in [0.2, 0.25) is 0 Å². The summed E-state index contributed by atoms with van der Waals surface area (Å²) >= 11 is 6.68. The van der Waals surface area contributed by atoms with Crippen LogP contribution in [0.2, 0.25) is 4.34 Å². The van der Waals surface area contributed by atoms with E-state index in [4.69, 9.17) is 21.6 Å². The summed E-state index contributed by atoms with van der Waals surface area (Å²) in [7, 11) is -3.98. The summed E-state index contributed by atoms with van der Waals surface area (Å²) in [6.45, 7) is 1.36. The van der Waals surface area contributed by atoms with E-state index in [0.717, 1.165) is 11.3 Å². The molecule has 1 amide bonds. The lowest BCUT2D eigenvalue weighted by Gasteiger charge is -2.16. The number of anilines is 2. The van der Waals surface area contributed by atoms with Crippen LogP contribution in [0, 0.1) is 11.3 Å². The topological polar surface area (TPSA) is 125 Å². The maximum atomic E-state index is 12.7. The molecular formula is C21H16ClN3O5S2. The lowest BCUT2D eigenvalue weighted by atomic mass is 10.2. The van der Waals surface area contributed by atoms with Crippen LogP contribution in [0.4, 0.5) is 11.4 Å². The Bertz CT molecular complexity index is 1310. The molecule has 2 N–H and O–H groups in total. The van der Waals surface area contributed by atoms with Crippen molar-refractivity contribution >= 4 is 56.2 Å². The Morgan fingerprint density at radius 3 is 2.38 bits per heavy atom. The van der Waals surface area contributed by atoms with E-state index in [2.05, 4.69) is 10.0 Å². The van der Waals surface area contributed by atoms with Crippen molar-refractivity contribution in [2.75, 3.05) is 10.0 Å². The first-order valence-electron chi connectivity index (χ1n) is 9.09. The van der Waals surface area contributed by atoms with Gasteiger partial charge >= 0.3 is 5.97 Å². The summed E-state index contributed by atoms with van der Waals surface area (Å²) in [4.78, 5) is 25.1. The molecule has 0 saturated heterocycles. The van der Waals surface area contributed by atoms with Crippen LogP contribution in [0.25, 0.3) is 0 Å². The summed E-state index contributed by atoms with van der Waals surface area (Å²) in [6.07, 6.45) is -1.21. The highest BCUT2D eigenvalue weighted by molar-refractivity contribution is 7.94. The van der Waals surface area contributed by atoms with E-state index in [1.165, 1.54) is 43.3 Å². The zero-order chi connectivity index (χ0) is 23.3. The molecule has 1 atom stereocenters. The molecule has 3 aromatic rings. The van der Waals surface area contributed by atoms with Crippen LogP contribution in [-0.4, -0.2) is 26.4 Å². The second-order valence-corrected chi connectivity index (χ2v) is 10.0. The molecular weight excluding hydrogens is 474 g/mol. The smallest absolute Gasteiger partial charge is 0.341 e. The Hall–Kier alpha value is -3.39. The predicted molar refractivity (Wildman–Crippen MR) is 121 cm³/mol. The summed E-state index contributed by atoms with van der Waals surface area (Å²) in [6, 6.07) is 17.0. The standard InChI is InChI=1S/C21H16ClN3O5S2/c1-13(20(26)24-16-8-4-2-6-14(16)12-23)30-21(27)15-7-3-5-9-17(15)25-32(28,29)19-11-10-18(22)31-19/h2-11,13,25H,1H3,(H,24,26). The largest absolute Gasteiger partial charge is 0.449 e. The number of hydrogen-bond acceptors (Lipinski definition) is 7. The molecule has 0 spiro atoms. The third-order valence-corrected chi connectivity index (χ3v) is 7.25. The second kappa shape index (κ2) is 9.82. The van der Waals surface area contributed by atoms with Crippen molar-refractivity contribution in [2.24, 2.45) is 0 Å². The highest BCUT2D eigenvalue weighted by Crippen LogP contribution is 2.28. The van der Waals surface area contributed by atoms with Crippen LogP contribution in [0.5, 0.6) is 0 Å². The molecule has 0 fully saturated rings. The number of thiophene rings is 1. The Labute approximate surface area is 193 Å². The first-order chi connectivity index (χ1) is 15.2. The number of hydrogen-bond donors (Lipinski definition) is 2. The summed E-state index contributed by atoms with van der Waals surface area (Å²) < 4.78 is 33.0. The molecule has 1 heterocycles. The Kier molecular flexibility index (Phi) is 7.15. The van der Waals surface area contributed by atoms with Gasteiger partial charge in [-0.15, -0.1) is 11.3 Å². The Morgan fingerprint density at radius 2 is 1.72 bits per heavy atom. The molecule has 1 aromatic heterocycles. The van der Waals surface area contributed by atoms with Crippen molar-refractivity contribution in [1.82, 2.24) is 0 Å². The molecule has 0 bridgehead atoms. The molecule has 164 valence electrons. The predicted octanol–water partition coefficient (Wildman–Crippen LogP) is 4.26. The number of nitrogens with zero attached hydrogens (tertiary/aromatic N) is 1. The number of para-hydroxylation sites is 2. The number of nitriles is 1. The van der Waals surface area contributed by atoms with Gasteiger partial charge in [0, 0.05) is 0 Å². The molecule has 0 aliphatic carbocycles. The van der Waals surface area contributed by atoms with E-state index < -0.39 is 28.0 Å². The monoisotopic (exact) mass is 489 g/mol. The average molecular weight is 490 g/mol. The first-order valence-corrected chi connectivity index (χ1v) is 11.8. The molecule has 11 heteroatoms. The highest BCUT2D eigenvalue weighted by Gasteiger charge is 2.24. The van der Waals surface area contributed by atoms with Crippen molar-refractivity contribution in [2.45, 2.75) is 17.2 Å². The number of carbonyl (C=O) groups excluding carboxylic acids is 2. The lowest BCUT2D eigenvalue weighted by molar-refractivity contribution is -0.123. The van der Waals surface area contributed by atoms with Gasteiger partial charge in [-0.2, -0.15) is 5.26 Å². The lowest BCUT2D eigenvalue weighted by Crippen LogP contribution is -2.30. The molecule has 32 heavy (non-hydrogen) atoms. The molecule has 0 aliphatic rings. The molecule has 1 unspecified atom stereocenters. The highest BCUT2D eigenvalue weighted by atomic mass is 35.5. The van der Waals surface area contributed by atoms with E-state index in [-0.39, 0.29) is 26.7 Å². The van der Waals surface area contributed by atoms with Gasteiger partial charge in [-0.25, -0.2) is 13.2 Å². The van der Waals surface area contributed by atoms with Crippen LogP contribution >= 0.6 is 22.9 Å². The number of rotatable bonds is 7. The van der Waals surface area contributed by atoms with Gasteiger partial charge in [-0.3, -0.25) is 9.52 Å². The van der Waals surface area contributed by atoms with Gasteiger partial charge in [-0.1, -0.05) is 35.9 Å². The minimum Gasteiger partial charge on any atom is -0.449 e. The van der Waals surface area contributed by atoms with Gasteiger partial charge in [0.1, 0.15) is 10.3 Å². The average Bonchev–Trinajstić information content (AvgIpc) is 3.21. The fraction of sp³-hybridized carbons (Fsp3) is 0.0952. The first kappa shape index (κ1) is 23.3. The molecule has 2 aromatic carbocycles. The van der Waals surface area contributed by atoms with Crippen LogP contribution in [0.15, 0.2) is 64.9 Å². The van der Waals surface area contributed by atoms with Crippen LogP contribution in [-0.2, 0) is 19.6 Å². The van der Waals surface area contributed by atoms with Gasteiger partial charge in [-0.05, 0) is 43.3 Å². The number of amides is 1. The third-order valence-electron chi connectivity index (χ3n) is 4.16. The number of nitrogens with one attached hydrogen (secondary N) is 2. The van der Waals surface area contributed by atoms with Crippen molar-refractivity contribution in [3.8, 4) is 6.07 Å². The van der Waals surface area contributed by atoms with Crippen LogP contribution in [0.3, 0.4) is 0 Å². The second-order valence-electron chi connectivity index (χ2n) is 6.40. The Morgan fingerprint density at radius 1 is 1.06 bits per heavy atom. The van der Waals surface area contributed by atoms with Crippen molar-refractivity contribution in [3.63, 3.8) is 0 Å². The molecule has 3 rings (SSSR count). The van der Waals surface area contributed by atoms with Crippen molar-refractivity contribution in [3.05, 3.63) is 76.1 Å². The molecule has 0 radical (unpaired) electrons. The number of ether oxygens (including phenoxy) is 1. The molecule has 0 aliphatic heterocycles. The number of sulfonamides is 1.